The van der Waals surface area contributed by atoms with Crippen molar-refractivity contribution in [2.75, 3.05) is 17.6 Å². The van der Waals surface area contributed by atoms with Crippen molar-refractivity contribution in [2.45, 2.75) is 30.9 Å². The van der Waals surface area contributed by atoms with Crippen LogP contribution in [-0.2, 0) is 20.6 Å². The van der Waals surface area contributed by atoms with E-state index >= 15 is 0 Å². The van der Waals surface area contributed by atoms with E-state index in [-0.39, 0.29) is 21.3 Å². The van der Waals surface area contributed by atoms with Gasteiger partial charge in [-0.25, -0.2) is 13.1 Å². The fourth-order valence-corrected chi connectivity index (χ4v) is 4.73. The third-order valence-corrected chi connectivity index (χ3v) is 7.02. The fraction of sp³-hybridized carbons (Fsp3) is 0.438. The molecule has 0 saturated carbocycles. The van der Waals surface area contributed by atoms with Crippen LogP contribution >= 0.6 is 23.1 Å². The Kier molecular flexibility index (Phi) is 7.56. The van der Waals surface area contributed by atoms with E-state index in [0.29, 0.717) is 12.3 Å². The molecule has 1 heterocycles. The van der Waals surface area contributed by atoms with Gasteiger partial charge in [0.2, 0.25) is 15.4 Å². The van der Waals surface area contributed by atoms with E-state index < -0.39 is 10.0 Å². The highest BCUT2D eigenvalue weighted by Crippen LogP contribution is 2.20. The predicted octanol–water partition coefficient (Wildman–Crippen LogP) is 2.65. The van der Waals surface area contributed by atoms with Crippen molar-refractivity contribution in [3.63, 3.8) is 0 Å². The molecule has 1 amide bonds. The zero-order valence-corrected chi connectivity index (χ0v) is 17.3. The molecule has 0 spiro atoms. The van der Waals surface area contributed by atoms with Crippen LogP contribution in [0.4, 0.5) is 5.13 Å². The number of aromatic nitrogens is 2. The topological polar surface area (TPSA) is 101 Å². The minimum absolute atomic E-state index is 0.153. The molecule has 10 heteroatoms. The van der Waals surface area contributed by atoms with Gasteiger partial charge < -0.3 is 5.32 Å². The minimum atomic E-state index is -3.72. The first-order chi connectivity index (χ1) is 12.3. The van der Waals surface area contributed by atoms with Crippen LogP contribution in [0, 0.1) is 12.8 Å². The second-order valence-corrected chi connectivity index (χ2v) is 9.98. The van der Waals surface area contributed by atoms with Crippen molar-refractivity contribution in [1.29, 1.82) is 0 Å². The van der Waals surface area contributed by atoms with Crippen LogP contribution in [-0.4, -0.2) is 36.8 Å². The summed E-state index contributed by atoms with van der Waals surface area (Å²) in [7, 11) is -3.72. The van der Waals surface area contributed by atoms with Gasteiger partial charge in [0.25, 0.3) is 10.0 Å². The Morgan fingerprint density at radius 1 is 1.23 bits per heavy atom. The normalized spacial score (nSPS) is 11.7. The molecule has 142 valence electrons. The third-order valence-electron chi connectivity index (χ3n) is 3.32. The number of carbonyl (C=O) groups excluding carboxylic acids is 1. The van der Waals surface area contributed by atoms with E-state index in [1.165, 1.54) is 11.1 Å². The highest BCUT2D eigenvalue weighted by atomic mass is 32.2. The maximum absolute atomic E-state index is 12.2. The zero-order chi connectivity index (χ0) is 19.2. The van der Waals surface area contributed by atoms with Gasteiger partial charge in [-0.1, -0.05) is 55.0 Å². The molecule has 0 atom stereocenters. The molecule has 0 aliphatic heterocycles. The first-order valence-electron chi connectivity index (χ1n) is 8.05. The summed E-state index contributed by atoms with van der Waals surface area (Å²) in [5, 5.41) is 10.1. The molecular weight excluding hydrogens is 392 g/mol. The molecule has 2 N–H and O–H groups in total. The maximum atomic E-state index is 12.2. The molecular formula is C16H22N4O3S3. The van der Waals surface area contributed by atoms with Gasteiger partial charge in [-0.15, -0.1) is 10.2 Å². The number of anilines is 1. The van der Waals surface area contributed by atoms with Crippen molar-refractivity contribution < 1.29 is 13.2 Å². The maximum Gasteiger partial charge on any atom is 0.269 e. The molecule has 0 bridgehead atoms. The molecule has 2 aromatic rings. The summed E-state index contributed by atoms with van der Waals surface area (Å²) in [6, 6.07) is 8.26. The van der Waals surface area contributed by atoms with Crippen molar-refractivity contribution in [3.8, 4) is 0 Å². The number of hydrogen-bond donors (Lipinski definition) is 2. The highest BCUT2D eigenvalue weighted by molar-refractivity contribution is 7.98. The molecule has 0 fully saturated rings. The quantitative estimate of drug-likeness (QED) is 0.483. The van der Waals surface area contributed by atoms with Gasteiger partial charge in [-0.3, -0.25) is 4.79 Å². The van der Waals surface area contributed by atoms with Gasteiger partial charge in [0, 0.05) is 24.0 Å². The van der Waals surface area contributed by atoms with Gasteiger partial charge in [-0.05, 0) is 12.5 Å². The lowest BCUT2D eigenvalue weighted by molar-refractivity contribution is -0.118. The predicted molar refractivity (Wildman–Crippen MR) is 106 cm³/mol. The van der Waals surface area contributed by atoms with Crippen LogP contribution in [0.1, 0.15) is 25.0 Å². The Labute approximate surface area is 162 Å². The van der Waals surface area contributed by atoms with Crippen molar-refractivity contribution in [1.82, 2.24) is 14.9 Å². The van der Waals surface area contributed by atoms with Gasteiger partial charge in [0.1, 0.15) is 0 Å². The Morgan fingerprint density at radius 3 is 2.58 bits per heavy atom. The number of rotatable bonds is 9. The average molecular weight is 415 g/mol. The van der Waals surface area contributed by atoms with E-state index in [4.69, 9.17) is 0 Å². The summed E-state index contributed by atoms with van der Waals surface area (Å²) in [6.07, 6.45) is 0. The molecule has 1 aromatic heterocycles. The van der Waals surface area contributed by atoms with Crippen LogP contribution in [0.25, 0.3) is 0 Å². The Hall–Kier alpha value is -1.49. The number of carbonyl (C=O) groups is 1. The van der Waals surface area contributed by atoms with Crippen LogP contribution in [0.5, 0.6) is 0 Å². The lowest BCUT2D eigenvalue weighted by Gasteiger charge is -2.04. The molecule has 0 aliphatic carbocycles. The number of amides is 1. The zero-order valence-electron chi connectivity index (χ0n) is 14.9. The number of aryl methyl sites for hydroxylation is 1. The average Bonchev–Trinajstić information content (AvgIpc) is 3.05. The van der Waals surface area contributed by atoms with Crippen molar-refractivity contribution >= 4 is 44.2 Å². The first-order valence-corrected chi connectivity index (χ1v) is 11.5. The Morgan fingerprint density at radius 2 is 1.92 bits per heavy atom. The van der Waals surface area contributed by atoms with E-state index in [0.717, 1.165) is 17.1 Å². The van der Waals surface area contributed by atoms with E-state index in [9.17, 15) is 13.2 Å². The second-order valence-electron chi connectivity index (χ2n) is 5.95. The van der Waals surface area contributed by atoms with E-state index in [1.807, 2.05) is 6.92 Å². The largest absolute Gasteiger partial charge is 0.300 e. The van der Waals surface area contributed by atoms with Gasteiger partial charge in [0.05, 0.1) is 0 Å². The number of sulfonamides is 1. The van der Waals surface area contributed by atoms with Crippen LogP contribution in [0.3, 0.4) is 0 Å². The highest BCUT2D eigenvalue weighted by Gasteiger charge is 2.20. The monoisotopic (exact) mass is 414 g/mol. The first kappa shape index (κ1) is 20.8. The molecule has 0 unspecified atom stereocenters. The molecule has 0 radical (unpaired) electrons. The van der Waals surface area contributed by atoms with Crippen LogP contribution < -0.4 is 10.0 Å². The summed E-state index contributed by atoms with van der Waals surface area (Å²) in [6.45, 7) is 5.82. The van der Waals surface area contributed by atoms with Crippen molar-refractivity contribution in [3.05, 3.63) is 35.4 Å². The summed E-state index contributed by atoms with van der Waals surface area (Å²) in [5.41, 5.74) is 2.42. The van der Waals surface area contributed by atoms with Crippen LogP contribution in [0.15, 0.2) is 28.6 Å². The summed E-state index contributed by atoms with van der Waals surface area (Å²) < 4.78 is 26.8. The molecule has 0 aliphatic rings. The third kappa shape index (κ3) is 6.35. The summed E-state index contributed by atoms with van der Waals surface area (Å²) in [5.74, 6) is 1.02. The molecule has 1 aromatic carbocycles. The smallest absolute Gasteiger partial charge is 0.269 e. The Bertz CT molecular complexity index is 833. The summed E-state index contributed by atoms with van der Waals surface area (Å²) in [4.78, 5) is 11.6. The lowest BCUT2D eigenvalue weighted by atomic mass is 10.2. The fourth-order valence-electron chi connectivity index (χ4n) is 1.80. The number of hydrogen-bond acceptors (Lipinski definition) is 7. The van der Waals surface area contributed by atoms with Gasteiger partial charge in [0.15, 0.2) is 0 Å². The number of nitrogens with one attached hydrogen (secondary N) is 2. The number of thioether (sulfide) groups is 1. The number of benzene rings is 1. The van der Waals surface area contributed by atoms with Crippen LogP contribution in [0.2, 0.25) is 0 Å². The minimum Gasteiger partial charge on any atom is -0.300 e. The molecule has 7 nitrogen and oxygen atoms in total. The number of nitrogens with zero attached hydrogens (tertiary/aromatic N) is 2. The molecule has 0 saturated heterocycles. The van der Waals surface area contributed by atoms with Gasteiger partial charge >= 0.3 is 0 Å². The molecule has 26 heavy (non-hydrogen) atoms. The van der Waals surface area contributed by atoms with E-state index in [2.05, 4.69) is 44.5 Å². The Balaban J connectivity index is 1.78. The van der Waals surface area contributed by atoms with E-state index in [1.54, 1.807) is 25.6 Å². The van der Waals surface area contributed by atoms with Gasteiger partial charge in [-0.2, -0.15) is 11.8 Å². The second kappa shape index (κ2) is 9.45. The van der Waals surface area contributed by atoms with Crippen molar-refractivity contribution in [2.24, 2.45) is 5.92 Å². The standard InChI is InChI=1S/C16H22N4O3S3/c1-11(2)14(21)18-15-19-20-16(25-15)26(22,23)17-8-9-24-10-13-6-4-12(3)5-7-13/h4-7,11,17H,8-10H2,1-3H3,(H,18,19,21). The SMILES string of the molecule is Cc1ccc(CSCCNS(=O)(=O)c2nnc(NC(=O)C(C)C)s2)cc1. The lowest BCUT2D eigenvalue weighted by Crippen LogP contribution is -2.26. The summed E-state index contributed by atoms with van der Waals surface area (Å²) >= 11 is 2.48. The molecule has 2 rings (SSSR count).